The summed E-state index contributed by atoms with van der Waals surface area (Å²) in [5.41, 5.74) is 0. The van der Waals surface area contributed by atoms with Crippen molar-refractivity contribution < 1.29 is 9.53 Å². The van der Waals surface area contributed by atoms with Crippen molar-refractivity contribution in [2.45, 2.75) is 310 Å². The fraction of sp³-hybridized carbons (Fsp3) is 0.943. The highest BCUT2D eigenvalue weighted by atomic mass is 16.5. The number of carbonyl (C=O) groups excluding carboxylic acids is 1. The minimum atomic E-state index is 0.0259. The van der Waals surface area contributed by atoms with Crippen LogP contribution in [0.15, 0.2) is 12.2 Å². The number of ether oxygens (including phenoxy) is 1. The lowest BCUT2D eigenvalue weighted by Crippen LogP contribution is -2.05. The third-order valence-electron chi connectivity index (χ3n) is 12.4. The summed E-state index contributed by atoms with van der Waals surface area (Å²) in [5.74, 6) is 0.964. The van der Waals surface area contributed by atoms with E-state index in [4.69, 9.17) is 4.74 Å². The normalized spacial score (nSPS) is 12.3. The van der Waals surface area contributed by atoms with E-state index in [9.17, 15) is 4.79 Å². The van der Waals surface area contributed by atoms with Crippen molar-refractivity contribution in [3.05, 3.63) is 12.2 Å². The van der Waals surface area contributed by atoms with E-state index >= 15 is 0 Å². The van der Waals surface area contributed by atoms with Crippen molar-refractivity contribution in [1.29, 1.82) is 0 Å². The second-order valence-corrected chi connectivity index (χ2v) is 18.1. The van der Waals surface area contributed by atoms with Crippen molar-refractivity contribution in [3.8, 4) is 0 Å². The first kappa shape index (κ1) is 54.2. The summed E-state index contributed by atoms with van der Waals surface area (Å²) in [4.78, 5) is 12.0. The van der Waals surface area contributed by atoms with Gasteiger partial charge in [-0.3, -0.25) is 4.79 Å². The van der Waals surface area contributed by atoms with Gasteiger partial charge in [-0.05, 0) is 44.4 Å². The number of hydrogen-bond donors (Lipinski definition) is 0. The molecule has 2 nitrogen and oxygen atoms in total. The Kier molecular flexibility index (Phi) is 48.6. The molecule has 0 spiro atoms. The predicted octanol–water partition coefficient (Wildman–Crippen LogP) is 19.3. The van der Waals surface area contributed by atoms with E-state index in [2.05, 4.69) is 32.9 Å². The van der Waals surface area contributed by atoms with Gasteiger partial charge in [-0.15, -0.1) is 0 Å². The van der Waals surface area contributed by atoms with Crippen molar-refractivity contribution in [1.82, 2.24) is 0 Å². The number of rotatable bonds is 48. The average molecular weight is 773 g/mol. The molecular formula is C53H104O2. The van der Waals surface area contributed by atoms with Crippen LogP contribution in [-0.4, -0.2) is 12.6 Å². The zero-order valence-electron chi connectivity index (χ0n) is 38.6. The van der Waals surface area contributed by atoms with Gasteiger partial charge in [0, 0.05) is 6.42 Å². The van der Waals surface area contributed by atoms with Gasteiger partial charge in [-0.2, -0.15) is 0 Å². The van der Waals surface area contributed by atoms with Gasteiger partial charge < -0.3 is 4.74 Å². The maximum Gasteiger partial charge on any atom is 0.305 e. The van der Waals surface area contributed by atoms with Gasteiger partial charge in [-0.25, -0.2) is 0 Å². The van der Waals surface area contributed by atoms with E-state index in [0.29, 0.717) is 13.0 Å². The summed E-state index contributed by atoms with van der Waals surface area (Å²) < 4.78 is 5.49. The molecule has 0 fully saturated rings. The molecule has 0 aliphatic heterocycles. The van der Waals surface area contributed by atoms with Crippen LogP contribution in [0.5, 0.6) is 0 Å². The average Bonchev–Trinajstić information content (AvgIpc) is 3.19. The second kappa shape index (κ2) is 49.4. The maximum absolute atomic E-state index is 12.0. The molecule has 0 saturated carbocycles. The van der Waals surface area contributed by atoms with Crippen LogP contribution < -0.4 is 0 Å². The SMILES string of the molecule is CCCCCCCCC=CCCCCCCCCCC(=O)OCCCCCCCCCCCCCCCCCCCCCCCCCCCCCC(C)CC. The highest BCUT2D eigenvalue weighted by Crippen LogP contribution is 2.18. The summed E-state index contributed by atoms with van der Waals surface area (Å²) >= 11 is 0. The van der Waals surface area contributed by atoms with Gasteiger partial charge in [0.1, 0.15) is 0 Å². The molecule has 0 rings (SSSR count). The highest BCUT2D eigenvalue weighted by molar-refractivity contribution is 5.69. The maximum atomic E-state index is 12.0. The van der Waals surface area contributed by atoms with Crippen molar-refractivity contribution >= 4 is 5.97 Å². The largest absolute Gasteiger partial charge is 0.466 e. The molecule has 0 amide bonds. The van der Waals surface area contributed by atoms with Crippen LogP contribution in [0, 0.1) is 5.92 Å². The minimum absolute atomic E-state index is 0.0259. The van der Waals surface area contributed by atoms with Gasteiger partial charge >= 0.3 is 5.97 Å². The molecule has 0 aromatic heterocycles. The zero-order chi connectivity index (χ0) is 39.8. The first-order valence-electron chi connectivity index (χ1n) is 26.0. The molecule has 0 aliphatic rings. The first-order valence-corrected chi connectivity index (χ1v) is 26.0. The van der Waals surface area contributed by atoms with Crippen molar-refractivity contribution in [2.75, 3.05) is 6.61 Å². The zero-order valence-corrected chi connectivity index (χ0v) is 38.6. The Morgan fingerprint density at radius 1 is 0.382 bits per heavy atom. The Morgan fingerprint density at radius 3 is 1.02 bits per heavy atom. The number of esters is 1. The summed E-state index contributed by atoms with van der Waals surface area (Å²) in [7, 11) is 0. The molecule has 0 aromatic carbocycles. The lowest BCUT2D eigenvalue weighted by atomic mass is 9.99. The number of hydrogen-bond acceptors (Lipinski definition) is 2. The minimum Gasteiger partial charge on any atom is -0.466 e. The van der Waals surface area contributed by atoms with Gasteiger partial charge in [0.15, 0.2) is 0 Å². The van der Waals surface area contributed by atoms with Gasteiger partial charge in [0.25, 0.3) is 0 Å². The molecule has 0 aromatic rings. The Labute approximate surface area is 348 Å². The third-order valence-corrected chi connectivity index (χ3v) is 12.4. The monoisotopic (exact) mass is 773 g/mol. The van der Waals surface area contributed by atoms with E-state index in [-0.39, 0.29) is 5.97 Å². The smallest absolute Gasteiger partial charge is 0.305 e. The van der Waals surface area contributed by atoms with E-state index < -0.39 is 0 Å². The molecule has 0 saturated heterocycles. The molecule has 0 heterocycles. The summed E-state index contributed by atoms with van der Waals surface area (Å²) in [6, 6.07) is 0. The van der Waals surface area contributed by atoms with Crippen molar-refractivity contribution in [3.63, 3.8) is 0 Å². The molecular weight excluding hydrogens is 669 g/mol. The van der Waals surface area contributed by atoms with Crippen molar-refractivity contribution in [2.24, 2.45) is 5.92 Å². The molecule has 1 unspecified atom stereocenters. The third kappa shape index (κ3) is 49.3. The quantitative estimate of drug-likeness (QED) is 0.0350. The lowest BCUT2D eigenvalue weighted by Gasteiger charge is -2.07. The Balaban J connectivity index is 3.16. The van der Waals surface area contributed by atoms with E-state index in [0.717, 1.165) is 18.8 Å². The highest BCUT2D eigenvalue weighted by Gasteiger charge is 2.03. The number of carbonyl (C=O) groups is 1. The van der Waals surface area contributed by atoms with Crippen LogP contribution in [0.2, 0.25) is 0 Å². The molecule has 2 heteroatoms. The van der Waals surface area contributed by atoms with Gasteiger partial charge in [-0.1, -0.05) is 277 Å². The van der Waals surface area contributed by atoms with E-state index in [1.165, 1.54) is 270 Å². The van der Waals surface area contributed by atoms with Crippen LogP contribution in [0.3, 0.4) is 0 Å². The molecule has 0 bridgehead atoms. The Morgan fingerprint density at radius 2 is 0.673 bits per heavy atom. The summed E-state index contributed by atoms with van der Waals surface area (Å²) in [6.07, 6.45) is 66.4. The predicted molar refractivity (Wildman–Crippen MR) is 248 cm³/mol. The van der Waals surface area contributed by atoms with Gasteiger partial charge in [0.05, 0.1) is 6.61 Å². The topological polar surface area (TPSA) is 26.3 Å². The molecule has 55 heavy (non-hydrogen) atoms. The van der Waals surface area contributed by atoms with Gasteiger partial charge in [0.2, 0.25) is 0 Å². The molecule has 0 radical (unpaired) electrons. The second-order valence-electron chi connectivity index (χ2n) is 18.1. The van der Waals surface area contributed by atoms with E-state index in [1.807, 2.05) is 0 Å². The molecule has 0 aliphatic carbocycles. The number of unbranched alkanes of at least 4 members (excludes halogenated alkanes) is 39. The summed E-state index contributed by atoms with van der Waals surface area (Å²) in [5, 5.41) is 0. The molecule has 1 atom stereocenters. The van der Waals surface area contributed by atoms with Crippen LogP contribution in [0.25, 0.3) is 0 Å². The first-order chi connectivity index (χ1) is 27.2. The van der Waals surface area contributed by atoms with E-state index in [1.54, 1.807) is 0 Å². The lowest BCUT2D eigenvalue weighted by molar-refractivity contribution is -0.143. The Hall–Kier alpha value is -0.790. The van der Waals surface area contributed by atoms with Crippen LogP contribution in [0.4, 0.5) is 0 Å². The van der Waals surface area contributed by atoms with Crippen LogP contribution in [0.1, 0.15) is 310 Å². The number of allylic oxidation sites excluding steroid dienone is 2. The fourth-order valence-corrected chi connectivity index (χ4v) is 8.17. The fourth-order valence-electron chi connectivity index (χ4n) is 8.17. The summed E-state index contributed by atoms with van der Waals surface area (Å²) in [6.45, 7) is 7.64. The van der Waals surface area contributed by atoms with Crippen LogP contribution in [-0.2, 0) is 9.53 Å². The standard InChI is InChI=1S/C53H104O2/c1-4-6-7-8-9-10-11-12-13-25-29-32-35-38-41-44-47-50-53(54)55-51-48-45-42-39-36-33-30-27-24-22-20-18-16-14-15-17-19-21-23-26-28-31-34-37-40-43-46-49-52(3)5-2/h12-13,52H,4-11,14-51H2,1-3H3. The molecule has 0 N–H and O–H groups in total. The Bertz CT molecular complexity index is 728. The molecule has 328 valence electrons. The van der Waals surface area contributed by atoms with Crippen LogP contribution >= 0.6 is 0 Å².